The maximum absolute atomic E-state index is 5.87. The van der Waals surface area contributed by atoms with E-state index in [0.717, 1.165) is 12.1 Å². The summed E-state index contributed by atoms with van der Waals surface area (Å²) < 4.78 is 0. The van der Waals surface area contributed by atoms with Crippen LogP contribution in [0.4, 0.5) is 5.69 Å². The number of benzene rings is 3. The minimum atomic E-state index is 0.813. The molecular weight excluding hydrogens is 346 g/mol. The van der Waals surface area contributed by atoms with Crippen LogP contribution >= 0.6 is 11.8 Å². The first-order valence-corrected chi connectivity index (χ1v) is 10.6. The Morgan fingerprint density at radius 3 is 2.37 bits per heavy atom. The Hall–Kier alpha value is -2.19. The number of nitrogens with two attached hydrogens (primary N) is 1. The van der Waals surface area contributed by atoms with Crippen LogP contribution in [0, 0.1) is 13.8 Å². The van der Waals surface area contributed by atoms with Crippen LogP contribution in [-0.4, -0.2) is 0 Å². The fourth-order valence-electron chi connectivity index (χ4n) is 3.43. The number of aryl methyl sites for hydroxylation is 2. The van der Waals surface area contributed by atoms with Crippen molar-refractivity contribution in [2.24, 2.45) is 0 Å². The largest absolute Gasteiger partial charge is 0.399 e. The van der Waals surface area contributed by atoms with Crippen molar-refractivity contribution in [1.29, 1.82) is 0 Å². The zero-order valence-corrected chi connectivity index (χ0v) is 17.4. The van der Waals surface area contributed by atoms with Gasteiger partial charge in [0.15, 0.2) is 0 Å². The van der Waals surface area contributed by atoms with Gasteiger partial charge in [0.1, 0.15) is 0 Å². The molecular formula is C25H29NS. The summed E-state index contributed by atoms with van der Waals surface area (Å²) in [6.07, 6.45) is 4.92. The van der Waals surface area contributed by atoms with E-state index in [2.05, 4.69) is 69.3 Å². The van der Waals surface area contributed by atoms with E-state index in [4.69, 9.17) is 5.73 Å². The molecule has 0 heterocycles. The molecule has 0 bridgehead atoms. The lowest BCUT2D eigenvalue weighted by Crippen LogP contribution is -1.96. The van der Waals surface area contributed by atoms with E-state index in [1.54, 1.807) is 0 Å². The number of hydrogen-bond donors (Lipinski definition) is 1. The van der Waals surface area contributed by atoms with Gasteiger partial charge < -0.3 is 5.73 Å². The predicted molar refractivity (Wildman–Crippen MR) is 120 cm³/mol. The zero-order chi connectivity index (χ0) is 19.2. The smallest absolute Gasteiger partial charge is 0.0314 e. The number of unbranched alkanes of at least 4 members (excludes halogenated alkanes) is 2. The maximum atomic E-state index is 5.87. The summed E-state index contributed by atoms with van der Waals surface area (Å²) in [6, 6.07) is 21.6. The van der Waals surface area contributed by atoms with Gasteiger partial charge in [-0.05, 0) is 73.2 Å². The molecule has 0 aliphatic carbocycles. The molecule has 0 aromatic heterocycles. The molecule has 0 spiro atoms. The third-order valence-electron chi connectivity index (χ3n) is 4.97. The molecule has 0 unspecified atom stereocenters. The molecule has 0 fully saturated rings. The molecule has 0 amide bonds. The molecule has 140 valence electrons. The van der Waals surface area contributed by atoms with Gasteiger partial charge in [0.25, 0.3) is 0 Å². The average molecular weight is 376 g/mol. The molecule has 2 N–H and O–H groups in total. The van der Waals surface area contributed by atoms with Crippen molar-refractivity contribution in [3.8, 4) is 11.1 Å². The monoisotopic (exact) mass is 375 g/mol. The normalized spacial score (nSPS) is 10.9. The van der Waals surface area contributed by atoms with E-state index in [9.17, 15) is 0 Å². The Bertz CT molecular complexity index is 897. The second-order valence-corrected chi connectivity index (χ2v) is 8.31. The topological polar surface area (TPSA) is 26.0 Å². The van der Waals surface area contributed by atoms with E-state index in [1.807, 2.05) is 23.9 Å². The Labute approximate surface area is 168 Å². The minimum Gasteiger partial charge on any atom is -0.399 e. The lowest BCUT2D eigenvalue weighted by Gasteiger charge is -2.17. The number of nitrogen functional groups attached to an aromatic ring is 1. The Morgan fingerprint density at radius 2 is 1.67 bits per heavy atom. The van der Waals surface area contributed by atoms with Gasteiger partial charge in [-0.2, -0.15) is 0 Å². The van der Waals surface area contributed by atoms with Crippen LogP contribution in [0.5, 0.6) is 0 Å². The first-order chi connectivity index (χ1) is 13.1. The standard InChI is InChI=1S/C25H29NS/c1-4-5-6-9-20-11-16-24(21-10-7-8-18(2)17-21)19(3)25(20)27-23-14-12-22(26)13-15-23/h7-8,10-17H,4-6,9,26H2,1-3H3. The highest BCUT2D eigenvalue weighted by atomic mass is 32.2. The summed E-state index contributed by atoms with van der Waals surface area (Å²) in [4.78, 5) is 2.64. The molecule has 27 heavy (non-hydrogen) atoms. The molecule has 0 radical (unpaired) electrons. The molecule has 0 aliphatic rings. The molecule has 3 rings (SSSR count). The van der Waals surface area contributed by atoms with Gasteiger partial charge in [0.2, 0.25) is 0 Å². The second kappa shape index (κ2) is 9.14. The highest BCUT2D eigenvalue weighted by molar-refractivity contribution is 7.99. The lowest BCUT2D eigenvalue weighted by molar-refractivity contribution is 0.711. The molecule has 0 saturated heterocycles. The Morgan fingerprint density at radius 1 is 0.889 bits per heavy atom. The molecule has 0 saturated carbocycles. The van der Waals surface area contributed by atoms with Crippen LogP contribution in [-0.2, 0) is 6.42 Å². The van der Waals surface area contributed by atoms with Crippen LogP contribution in [0.15, 0.2) is 70.5 Å². The predicted octanol–water partition coefficient (Wildman–Crippen LogP) is 7.44. The van der Waals surface area contributed by atoms with Crippen molar-refractivity contribution in [3.05, 3.63) is 77.4 Å². The quantitative estimate of drug-likeness (QED) is 0.343. The summed E-state index contributed by atoms with van der Waals surface area (Å²) in [5, 5.41) is 0. The van der Waals surface area contributed by atoms with E-state index in [1.165, 1.54) is 56.9 Å². The molecule has 1 nitrogen and oxygen atoms in total. The van der Waals surface area contributed by atoms with E-state index >= 15 is 0 Å². The van der Waals surface area contributed by atoms with Gasteiger partial charge in [-0.25, -0.2) is 0 Å². The van der Waals surface area contributed by atoms with Crippen molar-refractivity contribution in [2.75, 3.05) is 5.73 Å². The third-order valence-corrected chi connectivity index (χ3v) is 6.25. The van der Waals surface area contributed by atoms with Gasteiger partial charge in [-0.15, -0.1) is 0 Å². The fraction of sp³-hybridized carbons (Fsp3) is 0.280. The van der Waals surface area contributed by atoms with Crippen molar-refractivity contribution in [1.82, 2.24) is 0 Å². The Kier molecular flexibility index (Phi) is 6.63. The van der Waals surface area contributed by atoms with E-state index < -0.39 is 0 Å². The molecule has 2 heteroatoms. The SMILES string of the molecule is CCCCCc1ccc(-c2cccc(C)c2)c(C)c1Sc1ccc(N)cc1. The van der Waals surface area contributed by atoms with Crippen molar-refractivity contribution in [3.63, 3.8) is 0 Å². The number of rotatable bonds is 7. The third kappa shape index (κ3) is 4.95. The van der Waals surface area contributed by atoms with Crippen LogP contribution < -0.4 is 5.73 Å². The zero-order valence-electron chi connectivity index (χ0n) is 16.6. The van der Waals surface area contributed by atoms with Crippen LogP contribution in [0.3, 0.4) is 0 Å². The second-order valence-electron chi connectivity index (χ2n) is 7.22. The Balaban J connectivity index is 2.01. The lowest BCUT2D eigenvalue weighted by atomic mass is 9.95. The van der Waals surface area contributed by atoms with Crippen molar-refractivity contribution < 1.29 is 0 Å². The summed E-state index contributed by atoms with van der Waals surface area (Å²) in [5.41, 5.74) is 13.4. The van der Waals surface area contributed by atoms with Crippen LogP contribution in [0.25, 0.3) is 11.1 Å². The number of anilines is 1. The molecule has 3 aromatic rings. The summed E-state index contributed by atoms with van der Waals surface area (Å²) >= 11 is 1.87. The molecule has 0 atom stereocenters. The van der Waals surface area contributed by atoms with Gasteiger partial charge in [-0.3, -0.25) is 0 Å². The first kappa shape index (κ1) is 19.6. The summed E-state index contributed by atoms with van der Waals surface area (Å²) in [7, 11) is 0. The van der Waals surface area contributed by atoms with Gasteiger partial charge in [0, 0.05) is 15.5 Å². The summed E-state index contributed by atoms with van der Waals surface area (Å²) in [6.45, 7) is 6.68. The highest BCUT2D eigenvalue weighted by Gasteiger charge is 2.13. The highest BCUT2D eigenvalue weighted by Crippen LogP contribution is 2.39. The van der Waals surface area contributed by atoms with Crippen LogP contribution in [0.2, 0.25) is 0 Å². The van der Waals surface area contributed by atoms with E-state index in [-0.39, 0.29) is 0 Å². The van der Waals surface area contributed by atoms with Crippen molar-refractivity contribution >= 4 is 17.4 Å². The van der Waals surface area contributed by atoms with Gasteiger partial charge >= 0.3 is 0 Å². The number of hydrogen-bond acceptors (Lipinski definition) is 2. The van der Waals surface area contributed by atoms with Crippen molar-refractivity contribution in [2.45, 2.75) is 56.2 Å². The fourth-order valence-corrected chi connectivity index (χ4v) is 4.50. The van der Waals surface area contributed by atoms with E-state index in [0.29, 0.717) is 0 Å². The first-order valence-electron chi connectivity index (χ1n) is 9.81. The van der Waals surface area contributed by atoms with Gasteiger partial charge in [-0.1, -0.05) is 73.5 Å². The molecule has 0 aliphatic heterocycles. The average Bonchev–Trinajstić information content (AvgIpc) is 2.66. The maximum Gasteiger partial charge on any atom is 0.0314 e. The summed E-state index contributed by atoms with van der Waals surface area (Å²) in [5.74, 6) is 0. The van der Waals surface area contributed by atoms with Crippen LogP contribution in [0.1, 0.15) is 42.9 Å². The minimum absolute atomic E-state index is 0.813. The molecule has 3 aromatic carbocycles. The van der Waals surface area contributed by atoms with Gasteiger partial charge in [0.05, 0.1) is 0 Å².